The monoisotopic (exact) mass is 407 g/mol. The predicted octanol–water partition coefficient (Wildman–Crippen LogP) is 2.45. The number of methoxy groups -OCH3 is 2. The number of carbonyl (C=O) groups excluding carboxylic acids is 1. The van der Waals surface area contributed by atoms with Crippen LogP contribution < -0.4 is 9.47 Å². The minimum atomic E-state index is -3.29. The van der Waals surface area contributed by atoms with Crippen molar-refractivity contribution in [3.8, 4) is 11.5 Å². The fraction of sp³-hybridized carbons (Fsp3) is 0.450. The number of nitrogens with zero attached hydrogens (tertiary/aromatic N) is 1. The van der Waals surface area contributed by atoms with Gasteiger partial charge in [0.15, 0.2) is 21.3 Å². The molecule has 0 radical (unpaired) electrons. The maximum absolute atomic E-state index is 12.6. The van der Waals surface area contributed by atoms with Crippen LogP contribution in [0.1, 0.15) is 24.2 Å². The number of piperidine rings is 1. The molecule has 1 amide bonds. The maximum Gasteiger partial charge on any atom is 0.226 e. The third-order valence-corrected chi connectivity index (χ3v) is 7.20. The first-order valence-corrected chi connectivity index (χ1v) is 10.9. The molecule has 0 saturated carbocycles. The normalized spacial score (nSPS) is 15.4. The number of furan rings is 1. The molecule has 2 heterocycles. The lowest BCUT2D eigenvalue weighted by Gasteiger charge is -2.31. The van der Waals surface area contributed by atoms with Gasteiger partial charge in [0.05, 0.1) is 32.2 Å². The molecule has 152 valence electrons. The van der Waals surface area contributed by atoms with E-state index in [2.05, 4.69) is 0 Å². The molecule has 1 aromatic heterocycles. The quantitative estimate of drug-likeness (QED) is 0.701. The maximum atomic E-state index is 12.6. The smallest absolute Gasteiger partial charge is 0.226 e. The van der Waals surface area contributed by atoms with Gasteiger partial charge in [0, 0.05) is 13.1 Å². The Morgan fingerprint density at radius 1 is 1.14 bits per heavy atom. The van der Waals surface area contributed by atoms with E-state index in [1.54, 1.807) is 43.4 Å². The molecule has 28 heavy (non-hydrogen) atoms. The molecule has 1 aliphatic heterocycles. The molecule has 0 atom stereocenters. The summed E-state index contributed by atoms with van der Waals surface area (Å²) in [6.07, 6.45) is 2.60. The Bertz CT molecular complexity index is 899. The van der Waals surface area contributed by atoms with Crippen LogP contribution in [0.15, 0.2) is 41.0 Å². The number of carbonyl (C=O) groups is 1. The number of ether oxygens (including phenoxy) is 2. The van der Waals surface area contributed by atoms with E-state index >= 15 is 0 Å². The summed E-state index contributed by atoms with van der Waals surface area (Å²) in [7, 11) is -0.178. The summed E-state index contributed by atoms with van der Waals surface area (Å²) in [5, 5.41) is -0.442. The zero-order valence-electron chi connectivity index (χ0n) is 16.1. The Balaban J connectivity index is 1.56. The molecular weight excluding hydrogens is 382 g/mol. The third kappa shape index (κ3) is 4.67. The van der Waals surface area contributed by atoms with Gasteiger partial charge in [0.2, 0.25) is 5.91 Å². The van der Waals surface area contributed by atoms with Crippen molar-refractivity contribution >= 4 is 15.7 Å². The summed E-state index contributed by atoms with van der Waals surface area (Å²) in [4.78, 5) is 14.4. The number of hydrogen-bond acceptors (Lipinski definition) is 6. The van der Waals surface area contributed by atoms with Crippen molar-refractivity contribution in [3.05, 3.63) is 47.9 Å². The first-order chi connectivity index (χ1) is 13.4. The fourth-order valence-corrected chi connectivity index (χ4v) is 5.18. The lowest BCUT2D eigenvalue weighted by atomic mass is 10.1. The van der Waals surface area contributed by atoms with Crippen molar-refractivity contribution < 1.29 is 27.1 Å². The van der Waals surface area contributed by atoms with E-state index in [1.165, 1.54) is 6.26 Å². The van der Waals surface area contributed by atoms with Crippen LogP contribution >= 0.6 is 0 Å². The Morgan fingerprint density at radius 3 is 2.46 bits per heavy atom. The molecule has 1 aromatic carbocycles. The molecule has 0 N–H and O–H groups in total. The Morgan fingerprint density at radius 2 is 1.86 bits per heavy atom. The predicted molar refractivity (Wildman–Crippen MR) is 104 cm³/mol. The second-order valence-corrected chi connectivity index (χ2v) is 9.11. The van der Waals surface area contributed by atoms with Gasteiger partial charge >= 0.3 is 0 Å². The van der Waals surface area contributed by atoms with Crippen LogP contribution in [0.5, 0.6) is 11.5 Å². The van der Waals surface area contributed by atoms with Crippen molar-refractivity contribution in [3.63, 3.8) is 0 Å². The zero-order chi connectivity index (χ0) is 20.1. The fourth-order valence-electron chi connectivity index (χ4n) is 3.45. The average Bonchev–Trinajstić information content (AvgIpc) is 3.20. The highest BCUT2D eigenvalue weighted by Gasteiger charge is 2.32. The first kappa shape index (κ1) is 20.3. The lowest BCUT2D eigenvalue weighted by molar-refractivity contribution is -0.131. The second kappa shape index (κ2) is 8.68. The van der Waals surface area contributed by atoms with E-state index in [1.807, 2.05) is 6.07 Å². The summed E-state index contributed by atoms with van der Waals surface area (Å²) >= 11 is 0. The summed E-state index contributed by atoms with van der Waals surface area (Å²) in [6.45, 7) is 0.877. The summed E-state index contributed by atoms with van der Waals surface area (Å²) in [5.74, 6) is 1.53. The van der Waals surface area contributed by atoms with Gasteiger partial charge in [-0.15, -0.1) is 0 Å². The van der Waals surface area contributed by atoms with Crippen LogP contribution in [0.25, 0.3) is 0 Å². The molecule has 8 heteroatoms. The highest BCUT2D eigenvalue weighted by atomic mass is 32.2. The van der Waals surface area contributed by atoms with Gasteiger partial charge in [-0.3, -0.25) is 4.79 Å². The number of rotatable bonds is 7. The number of hydrogen-bond donors (Lipinski definition) is 0. The minimum absolute atomic E-state index is 0.0193. The largest absolute Gasteiger partial charge is 0.493 e. The van der Waals surface area contributed by atoms with Crippen LogP contribution in [0, 0.1) is 0 Å². The Labute approximate surface area is 165 Å². The van der Waals surface area contributed by atoms with Crippen LogP contribution in [-0.4, -0.2) is 51.8 Å². The van der Waals surface area contributed by atoms with Crippen molar-refractivity contribution in [2.75, 3.05) is 27.3 Å². The van der Waals surface area contributed by atoms with Gasteiger partial charge in [0.25, 0.3) is 0 Å². The molecule has 3 rings (SSSR count). The summed E-state index contributed by atoms with van der Waals surface area (Å²) in [5.41, 5.74) is 0.829. The van der Waals surface area contributed by atoms with Crippen LogP contribution in [-0.2, 0) is 26.8 Å². The molecule has 0 aliphatic carbocycles. The molecule has 1 aliphatic rings. The highest BCUT2D eigenvalue weighted by molar-refractivity contribution is 7.91. The van der Waals surface area contributed by atoms with Crippen molar-refractivity contribution in [1.29, 1.82) is 0 Å². The standard InChI is InChI=1S/C20H25NO6S/c1-25-18-6-5-15(12-19(18)26-2)13-20(22)21-9-7-17(8-10-21)28(23,24)14-16-4-3-11-27-16/h3-6,11-12,17H,7-10,13-14H2,1-2H3. The summed E-state index contributed by atoms with van der Waals surface area (Å²) < 4.78 is 40.8. The van der Waals surface area contributed by atoms with E-state index in [0.717, 1.165) is 5.56 Å². The van der Waals surface area contributed by atoms with Crippen LogP contribution in [0.3, 0.4) is 0 Å². The number of sulfone groups is 1. The minimum Gasteiger partial charge on any atom is -0.493 e. The average molecular weight is 407 g/mol. The molecule has 1 saturated heterocycles. The molecule has 7 nitrogen and oxygen atoms in total. The van der Waals surface area contributed by atoms with Crippen molar-refractivity contribution in [1.82, 2.24) is 4.90 Å². The van der Waals surface area contributed by atoms with E-state index < -0.39 is 15.1 Å². The molecule has 0 bridgehead atoms. The van der Waals surface area contributed by atoms with E-state index in [-0.39, 0.29) is 18.1 Å². The summed E-state index contributed by atoms with van der Waals surface area (Å²) in [6, 6.07) is 8.74. The van der Waals surface area contributed by atoms with E-state index in [0.29, 0.717) is 43.2 Å². The molecule has 0 spiro atoms. The van der Waals surface area contributed by atoms with Gasteiger partial charge in [-0.1, -0.05) is 6.07 Å². The lowest BCUT2D eigenvalue weighted by Crippen LogP contribution is -2.43. The van der Waals surface area contributed by atoms with Crippen LogP contribution in [0.4, 0.5) is 0 Å². The van der Waals surface area contributed by atoms with Crippen molar-refractivity contribution in [2.45, 2.75) is 30.3 Å². The molecular formula is C20H25NO6S. The van der Waals surface area contributed by atoms with E-state index in [4.69, 9.17) is 13.9 Å². The molecule has 1 fully saturated rings. The topological polar surface area (TPSA) is 86.0 Å². The Hall–Kier alpha value is -2.48. The zero-order valence-corrected chi connectivity index (χ0v) is 16.9. The van der Waals surface area contributed by atoms with Gasteiger partial charge in [-0.05, 0) is 42.7 Å². The Kier molecular flexibility index (Phi) is 6.28. The third-order valence-electron chi connectivity index (χ3n) is 5.03. The van der Waals surface area contributed by atoms with Gasteiger partial charge < -0.3 is 18.8 Å². The van der Waals surface area contributed by atoms with Gasteiger partial charge in [-0.2, -0.15) is 0 Å². The highest BCUT2D eigenvalue weighted by Crippen LogP contribution is 2.28. The second-order valence-electron chi connectivity index (χ2n) is 6.83. The SMILES string of the molecule is COc1ccc(CC(=O)N2CCC(S(=O)(=O)Cc3ccco3)CC2)cc1OC. The molecule has 0 unspecified atom stereocenters. The number of likely N-dealkylation sites (tertiary alicyclic amines) is 1. The van der Waals surface area contributed by atoms with Gasteiger partial charge in [0.1, 0.15) is 11.5 Å². The number of amides is 1. The number of benzene rings is 1. The van der Waals surface area contributed by atoms with E-state index in [9.17, 15) is 13.2 Å². The van der Waals surface area contributed by atoms with Gasteiger partial charge in [-0.25, -0.2) is 8.42 Å². The first-order valence-electron chi connectivity index (χ1n) is 9.15. The molecule has 2 aromatic rings. The van der Waals surface area contributed by atoms with Crippen LogP contribution in [0.2, 0.25) is 0 Å². The van der Waals surface area contributed by atoms with Crippen molar-refractivity contribution in [2.24, 2.45) is 0 Å².